The lowest BCUT2D eigenvalue weighted by Gasteiger charge is -2.07. The van der Waals surface area contributed by atoms with Crippen LogP contribution >= 0.6 is 11.6 Å². The second kappa shape index (κ2) is 7.45. The van der Waals surface area contributed by atoms with Gasteiger partial charge >= 0.3 is 11.7 Å². The van der Waals surface area contributed by atoms with E-state index in [9.17, 15) is 9.59 Å². The Morgan fingerprint density at radius 2 is 1.77 bits per heavy atom. The predicted octanol–water partition coefficient (Wildman–Crippen LogP) is 2.40. The monoisotopic (exact) mass is 373 g/mol. The largest absolute Gasteiger partial charge is 0.497 e. The van der Waals surface area contributed by atoms with Gasteiger partial charge in [-0.15, -0.1) is 5.10 Å². The van der Waals surface area contributed by atoms with Crippen LogP contribution in [0, 0.1) is 0 Å². The molecule has 8 heteroatoms. The fourth-order valence-electron chi connectivity index (χ4n) is 2.43. The number of methoxy groups -OCH3 is 1. The van der Waals surface area contributed by atoms with E-state index in [0.717, 1.165) is 11.3 Å². The van der Waals surface area contributed by atoms with Gasteiger partial charge in [0.2, 0.25) is 0 Å². The van der Waals surface area contributed by atoms with Crippen molar-refractivity contribution in [1.29, 1.82) is 0 Å². The van der Waals surface area contributed by atoms with Gasteiger partial charge in [0.15, 0.2) is 5.82 Å². The molecular weight excluding hydrogens is 358 g/mol. The lowest BCUT2D eigenvalue weighted by atomic mass is 10.2. The van der Waals surface area contributed by atoms with Crippen LogP contribution in [0.4, 0.5) is 0 Å². The number of nitrogens with zero attached hydrogens (tertiary/aromatic N) is 3. The highest BCUT2D eigenvalue weighted by Gasteiger charge is 2.17. The average molecular weight is 374 g/mol. The normalized spacial score (nSPS) is 10.6. The highest BCUT2D eigenvalue weighted by molar-refractivity contribution is 6.30. The van der Waals surface area contributed by atoms with Crippen molar-refractivity contribution in [2.75, 3.05) is 7.11 Å². The first-order valence-corrected chi connectivity index (χ1v) is 8.13. The van der Waals surface area contributed by atoms with Crippen LogP contribution in [0.3, 0.4) is 0 Å². The fraction of sp³-hybridized carbons (Fsp3) is 0.167. The molecule has 0 unspecified atom stereocenters. The molecule has 0 spiro atoms. The van der Waals surface area contributed by atoms with Gasteiger partial charge in [-0.1, -0.05) is 23.7 Å². The minimum absolute atomic E-state index is 0.252. The molecule has 3 rings (SSSR count). The second-order valence-electron chi connectivity index (χ2n) is 5.50. The molecule has 0 atom stereocenters. The standard InChI is InChI=1S/C18H16ClN3O4/c1-12(23)26-22-18(24)21(11-13-3-9-16(25-2)10-4-13)17(20-22)14-5-7-15(19)8-6-14/h3-10H,11H2,1-2H3. The van der Waals surface area contributed by atoms with Crippen molar-refractivity contribution in [3.05, 3.63) is 69.6 Å². The third-order valence-electron chi connectivity index (χ3n) is 3.65. The lowest BCUT2D eigenvalue weighted by molar-refractivity contribution is -0.143. The number of ether oxygens (including phenoxy) is 1. The van der Waals surface area contributed by atoms with E-state index in [1.165, 1.54) is 11.5 Å². The Morgan fingerprint density at radius 1 is 1.12 bits per heavy atom. The smallest absolute Gasteiger partial charge is 0.381 e. The van der Waals surface area contributed by atoms with Crippen LogP contribution in [0.1, 0.15) is 12.5 Å². The third kappa shape index (κ3) is 3.78. The van der Waals surface area contributed by atoms with Gasteiger partial charge in [0, 0.05) is 17.5 Å². The first-order chi connectivity index (χ1) is 12.5. The summed E-state index contributed by atoms with van der Waals surface area (Å²) >= 11 is 5.93. The van der Waals surface area contributed by atoms with Gasteiger partial charge in [-0.25, -0.2) is 9.59 Å². The summed E-state index contributed by atoms with van der Waals surface area (Å²) < 4.78 is 6.56. The second-order valence-corrected chi connectivity index (χ2v) is 5.94. The summed E-state index contributed by atoms with van der Waals surface area (Å²) in [7, 11) is 1.58. The minimum Gasteiger partial charge on any atom is -0.497 e. The number of aromatic nitrogens is 3. The van der Waals surface area contributed by atoms with Crippen LogP contribution in [0.25, 0.3) is 11.4 Å². The van der Waals surface area contributed by atoms with Gasteiger partial charge in [-0.2, -0.15) is 0 Å². The molecule has 7 nitrogen and oxygen atoms in total. The zero-order valence-electron chi connectivity index (χ0n) is 14.2. The van der Waals surface area contributed by atoms with E-state index in [1.54, 1.807) is 43.5 Å². The molecule has 0 aliphatic rings. The lowest BCUT2D eigenvalue weighted by Crippen LogP contribution is -2.32. The van der Waals surface area contributed by atoms with Crippen LogP contribution in [-0.4, -0.2) is 27.6 Å². The maximum Gasteiger partial charge on any atom is 0.381 e. The summed E-state index contributed by atoms with van der Waals surface area (Å²) in [5, 5.41) is 4.70. The molecule has 0 radical (unpaired) electrons. The summed E-state index contributed by atoms with van der Waals surface area (Å²) in [5.74, 6) is 0.446. The van der Waals surface area contributed by atoms with E-state index >= 15 is 0 Å². The van der Waals surface area contributed by atoms with Crippen molar-refractivity contribution in [2.24, 2.45) is 0 Å². The Hall–Kier alpha value is -3.06. The maximum atomic E-state index is 12.6. The van der Waals surface area contributed by atoms with Crippen molar-refractivity contribution in [3.8, 4) is 17.1 Å². The van der Waals surface area contributed by atoms with Gasteiger partial charge in [0.25, 0.3) is 0 Å². The zero-order chi connectivity index (χ0) is 18.7. The fourth-order valence-corrected chi connectivity index (χ4v) is 2.55. The molecule has 0 bridgehead atoms. The number of hydrogen-bond donors (Lipinski definition) is 0. The van der Waals surface area contributed by atoms with Gasteiger partial charge in [-0.3, -0.25) is 4.57 Å². The van der Waals surface area contributed by atoms with Crippen molar-refractivity contribution in [3.63, 3.8) is 0 Å². The Labute approximate surface area is 154 Å². The maximum absolute atomic E-state index is 12.6. The highest BCUT2D eigenvalue weighted by atomic mass is 35.5. The van der Waals surface area contributed by atoms with Gasteiger partial charge in [0.1, 0.15) is 5.75 Å². The molecule has 3 aromatic rings. The molecule has 1 heterocycles. The Kier molecular flexibility index (Phi) is 5.09. The van der Waals surface area contributed by atoms with Crippen molar-refractivity contribution in [1.82, 2.24) is 14.5 Å². The molecular formula is C18H16ClN3O4. The summed E-state index contributed by atoms with van der Waals surface area (Å²) in [6.07, 6.45) is 0. The summed E-state index contributed by atoms with van der Waals surface area (Å²) in [4.78, 5) is 29.4. The van der Waals surface area contributed by atoms with E-state index in [0.29, 0.717) is 21.3 Å². The zero-order valence-corrected chi connectivity index (χ0v) is 14.9. The average Bonchev–Trinajstić information content (AvgIpc) is 2.92. The third-order valence-corrected chi connectivity index (χ3v) is 3.90. The predicted molar refractivity (Wildman–Crippen MR) is 96.3 cm³/mol. The molecule has 0 fully saturated rings. The Balaban J connectivity index is 2.05. The van der Waals surface area contributed by atoms with Crippen LogP contribution in [0.2, 0.25) is 5.02 Å². The molecule has 26 heavy (non-hydrogen) atoms. The van der Waals surface area contributed by atoms with Gasteiger partial charge < -0.3 is 9.57 Å². The number of benzene rings is 2. The van der Waals surface area contributed by atoms with Gasteiger partial charge in [-0.05, 0) is 46.8 Å². The molecule has 0 aliphatic heterocycles. The van der Waals surface area contributed by atoms with E-state index in [-0.39, 0.29) is 6.54 Å². The van der Waals surface area contributed by atoms with E-state index in [2.05, 4.69) is 5.10 Å². The molecule has 0 N–H and O–H groups in total. The number of carbonyl (C=O) groups is 1. The number of halogens is 1. The topological polar surface area (TPSA) is 75.3 Å². The summed E-state index contributed by atoms with van der Waals surface area (Å²) in [5.41, 5.74) is 0.984. The van der Waals surface area contributed by atoms with Crippen molar-refractivity contribution < 1.29 is 14.4 Å². The van der Waals surface area contributed by atoms with E-state index in [1.807, 2.05) is 12.1 Å². The Morgan fingerprint density at radius 3 is 2.35 bits per heavy atom. The van der Waals surface area contributed by atoms with Crippen LogP contribution in [-0.2, 0) is 11.3 Å². The van der Waals surface area contributed by atoms with Crippen LogP contribution < -0.4 is 15.3 Å². The Bertz CT molecular complexity index is 975. The van der Waals surface area contributed by atoms with Crippen LogP contribution in [0.15, 0.2) is 53.3 Å². The quantitative estimate of drug-likeness (QED) is 0.686. The highest BCUT2D eigenvalue weighted by Crippen LogP contribution is 2.20. The molecule has 2 aromatic carbocycles. The molecule has 0 saturated heterocycles. The number of rotatable bonds is 5. The summed E-state index contributed by atoms with van der Waals surface area (Å²) in [6, 6.07) is 14.2. The van der Waals surface area contributed by atoms with Gasteiger partial charge in [0.05, 0.1) is 13.7 Å². The molecule has 0 aliphatic carbocycles. The van der Waals surface area contributed by atoms with Crippen molar-refractivity contribution >= 4 is 17.6 Å². The molecule has 1 aromatic heterocycles. The first kappa shape index (κ1) is 17.8. The minimum atomic E-state index is -0.635. The van der Waals surface area contributed by atoms with E-state index in [4.69, 9.17) is 21.2 Å². The molecule has 0 amide bonds. The van der Waals surface area contributed by atoms with E-state index < -0.39 is 11.7 Å². The van der Waals surface area contributed by atoms with Crippen LogP contribution in [0.5, 0.6) is 5.75 Å². The summed E-state index contributed by atoms with van der Waals surface area (Å²) in [6.45, 7) is 1.46. The number of carbonyl (C=O) groups excluding carboxylic acids is 1. The number of hydrogen-bond acceptors (Lipinski definition) is 5. The first-order valence-electron chi connectivity index (χ1n) is 7.75. The SMILES string of the molecule is COc1ccc(Cn2c(-c3ccc(Cl)cc3)nn(OC(C)=O)c2=O)cc1. The van der Waals surface area contributed by atoms with Crippen molar-refractivity contribution in [2.45, 2.75) is 13.5 Å². The molecule has 0 saturated carbocycles. The molecule has 134 valence electrons.